The molecule has 2 aromatic rings. The number of ether oxygens (including phenoxy) is 1. The zero-order chi connectivity index (χ0) is 15.6. The molecule has 1 aliphatic carbocycles. The van der Waals surface area contributed by atoms with Gasteiger partial charge in [0.25, 0.3) is 5.91 Å². The third-order valence-electron chi connectivity index (χ3n) is 4.12. The van der Waals surface area contributed by atoms with Gasteiger partial charge in [-0.1, -0.05) is 0 Å². The summed E-state index contributed by atoms with van der Waals surface area (Å²) in [6, 6.07) is 9.28. The van der Waals surface area contributed by atoms with Gasteiger partial charge in [-0.25, -0.2) is 0 Å². The molecular weight excluding hydrogens is 290 g/mol. The van der Waals surface area contributed by atoms with E-state index in [0.717, 1.165) is 55.0 Å². The highest BCUT2D eigenvalue weighted by atomic mass is 16.5. The maximum Gasteiger partial charge on any atom is 0.255 e. The fraction of sp³-hybridized carbons (Fsp3) is 0.333. The number of pyridine rings is 1. The Morgan fingerprint density at radius 1 is 1.26 bits per heavy atom. The van der Waals surface area contributed by atoms with Crippen LogP contribution in [0.5, 0.6) is 5.75 Å². The molecule has 1 saturated carbocycles. The average molecular weight is 309 g/mol. The SMILES string of the molecule is O=C(Nc1cnc2c(c1)CNCC2)c1ccc(OC2CC2)cc1. The van der Waals surface area contributed by atoms with Crippen LogP contribution in [-0.2, 0) is 13.0 Å². The van der Waals surface area contributed by atoms with E-state index in [1.807, 2.05) is 18.2 Å². The number of hydrogen-bond acceptors (Lipinski definition) is 4. The molecular formula is C18H19N3O2. The molecule has 0 saturated heterocycles. The highest BCUT2D eigenvalue weighted by Gasteiger charge is 2.23. The van der Waals surface area contributed by atoms with Crippen molar-refractivity contribution in [3.8, 4) is 5.75 Å². The van der Waals surface area contributed by atoms with E-state index in [9.17, 15) is 4.79 Å². The van der Waals surface area contributed by atoms with Crippen molar-refractivity contribution in [1.29, 1.82) is 0 Å². The summed E-state index contributed by atoms with van der Waals surface area (Å²) in [7, 11) is 0. The van der Waals surface area contributed by atoms with Gasteiger partial charge in [0.05, 0.1) is 18.0 Å². The zero-order valence-corrected chi connectivity index (χ0v) is 12.8. The number of benzene rings is 1. The topological polar surface area (TPSA) is 63.2 Å². The molecule has 2 heterocycles. The van der Waals surface area contributed by atoms with Crippen molar-refractivity contribution < 1.29 is 9.53 Å². The van der Waals surface area contributed by atoms with Crippen LogP contribution < -0.4 is 15.4 Å². The minimum Gasteiger partial charge on any atom is -0.490 e. The zero-order valence-electron chi connectivity index (χ0n) is 12.8. The van der Waals surface area contributed by atoms with Crippen molar-refractivity contribution >= 4 is 11.6 Å². The minimum atomic E-state index is -0.131. The Balaban J connectivity index is 1.44. The second-order valence-corrected chi connectivity index (χ2v) is 6.05. The molecule has 1 aromatic heterocycles. The van der Waals surface area contributed by atoms with Crippen molar-refractivity contribution in [3.63, 3.8) is 0 Å². The van der Waals surface area contributed by atoms with Crippen molar-refractivity contribution in [2.75, 3.05) is 11.9 Å². The van der Waals surface area contributed by atoms with E-state index in [4.69, 9.17) is 4.74 Å². The fourth-order valence-corrected chi connectivity index (χ4v) is 2.68. The molecule has 1 aliphatic heterocycles. The van der Waals surface area contributed by atoms with Crippen molar-refractivity contribution in [2.24, 2.45) is 0 Å². The molecule has 0 bridgehead atoms. The number of fused-ring (bicyclic) bond motifs is 1. The summed E-state index contributed by atoms with van der Waals surface area (Å²) in [5.74, 6) is 0.694. The Morgan fingerprint density at radius 2 is 2.09 bits per heavy atom. The first-order valence-corrected chi connectivity index (χ1v) is 8.04. The van der Waals surface area contributed by atoms with Crippen LogP contribution in [0.3, 0.4) is 0 Å². The Hall–Kier alpha value is -2.40. The first-order valence-electron chi connectivity index (χ1n) is 8.04. The lowest BCUT2D eigenvalue weighted by Crippen LogP contribution is -2.24. The van der Waals surface area contributed by atoms with Crippen molar-refractivity contribution in [1.82, 2.24) is 10.3 Å². The third-order valence-corrected chi connectivity index (χ3v) is 4.12. The summed E-state index contributed by atoms with van der Waals surface area (Å²) >= 11 is 0. The molecule has 0 atom stereocenters. The number of nitrogens with zero attached hydrogens (tertiary/aromatic N) is 1. The molecule has 4 rings (SSSR count). The number of hydrogen-bond donors (Lipinski definition) is 2. The van der Waals surface area contributed by atoms with Crippen LogP contribution in [0, 0.1) is 0 Å². The Morgan fingerprint density at radius 3 is 2.87 bits per heavy atom. The van der Waals surface area contributed by atoms with E-state index >= 15 is 0 Å². The lowest BCUT2D eigenvalue weighted by molar-refractivity contribution is 0.102. The van der Waals surface area contributed by atoms with E-state index in [0.29, 0.717) is 11.7 Å². The number of rotatable bonds is 4. The van der Waals surface area contributed by atoms with E-state index in [2.05, 4.69) is 15.6 Å². The van der Waals surface area contributed by atoms with Crippen LogP contribution in [0.4, 0.5) is 5.69 Å². The van der Waals surface area contributed by atoms with Crippen molar-refractivity contribution in [3.05, 3.63) is 53.3 Å². The summed E-state index contributed by atoms with van der Waals surface area (Å²) in [5, 5.41) is 6.22. The van der Waals surface area contributed by atoms with E-state index in [1.54, 1.807) is 18.3 Å². The van der Waals surface area contributed by atoms with E-state index in [1.165, 1.54) is 0 Å². The van der Waals surface area contributed by atoms with Gasteiger partial charge in [0.1, 0.15) is 5.75 Å². The average Bonchev–Trinajstić information content (AvgIpc) is 3.39. The maximum atomic E-state index is 12.3. The number of amides is 1. The van der Waals surface area contributed by atoms with Crippen LogP contribution in [0.25, 0.3) is 0 Å². The summed E-state index contributed by atoms with van der Waals surface area (Å²) in [6.45, 7) is 1.76. The van der Waals surface area contributed by atoms with E-state index < -0.39 is 0 Å². The number of aromatic nitrogens is 1. The van der Waals surface area contributed by atoms with Gasteiger partial charge in [-0.05, 0) is 48.7 Å². The molecule has 1 fully saturated rings. The Kier molecular flexibility index (Phi) is 3.71. The molecule has 0 unspecified atom stereocenters. The predicted molar refractivity (Wildman–Crippen MR) is 87.7 cm³/mol. The molecule has 2 aliphatic rings. The monoisotopic (exact) mass is 309 g/mol. The lowest BCUT2D eigenvalue weighted by atomic mass is 10.1. The van der Waals surface area contributed by atoms with Crippen LogP contribution in [0.2, 0.25) is 0 Å². The van der Waals surface area contributed by atoms with Crippen LogP contribution in [-0.4, -0.2) is 23.5 Å². The van der Waals surface area contributed by atoms with Gasteiger partial charge in [0.2, 0.25) is 0 Å². The predicted octanol–water partition coefficient (Wildman–Crippen LogP) is 2.52. The second kappa shape index (κ2) is 6.01. The highest BCUT2D eigenvalue weighted by Crippen LogP contribution is 2.26. The number of nitrogens with one attached hydrogen (secondary N) is 2. The minimum absolute atomic E-state index is 0.131. The fourth-order valence-electron chi connectivity index (χ4n) is 2.68. The molecule has 5 heteroatoms. The van der Waals surface area contributed by atoms with E-state index in [-0.39, 0.29) is 5.91 Å². The first kappa shape index (κ1) is 14.2. The third kappa shape index (κ3) is 3.35. The van der Waals surface area contributed by atoms with Crippen LogP contribution in [0.1, 0.15) is 34.5 Å². The molecule has 2 N–H and O–H groups in total. The quantitative estimate of drug-likeness (QED) is 0.911. The second-order valence-electron chi connectivity index (χ2n) is 6.05. The standard InChI is InChI=1S/C18H19N3O2/c22-18(12-1-3-15(4-2-12)23-16-5-6-16)21-14-9-13-10-19-8-7-17(13)20-11-14/h1-4,9,11,16,19H,5-8,10H2,(H,21,22). The Labute approximate surface area is 135 Å². The van der Waals surface area contributed by atoms with Crippen LogP contribution in [0.15, 0.2) is 36.5 Å². The molecule has 1 aromatic carbocycles. The summed E-state index contributed by atoms with van der Waals surface area (Å²) in [6.07, 6.45) is 5.29. The van der Waals surface area contributed by atoms with Gasteiger partial charge in [0, 0.05) is 30.8 Å². The van der Waals surface area contributed by atoms with Gasteiger partial charge in [-0.2, -0.15) is 0 Å². The smallest absolute Gasteiger partial charge is 0.255 e. The lowest BCUT2D eigenvalue weighted by Gasteiger charge is -2.17. The summed E-state index contributed by atoms with van der Waals surface area (Å²) in [4.78, 5) is 16.8. The number of carbonyl (C=O) groups is 1. The summed E-state index contributed by atoms with van der Waals surface area (Å²) in [5.41, 5.74) is 3.62. The normalized spacial score (nSPS) is 16.5. The summed E-state index contributed by atoms with van der Waals surface area (Å²) < 4.78 is 5.69. The number of carbonyl (C=O) groups excluding carboxylic acids is 1. The van der Waals surface area contributed by atoms with Crippen molar-refractivity contribution in [2.45, 2.75) is 31.9 Å². The first-order chi connectivity index (χ1) is 11.3. The molecule has 0 spiro atoms. The van der Waals surface area contributed by atoms with Gasteiger partial charge in [-0.3, -0.25) is 9.78 Å². The molecule has 23 heavy (non-hydrogen) atoms. The van der Waals surface area contributed by atoms with Gasteiger partial charge < -0.3 is 15.4 Å². The largest absolute Gasteiger partial charge is 0.490 e. The molecule has 0 radical (unpaired) electrons. The molecule has 5 nitrogen and oxygen atoms in total. The molecule has 1 amide bonds. The highest BCUT2D eigenvalue weighted by molar-refractivity contribution is 6.04. The van der Waals surface area contributed by atoms with Gasteiger partial charge >= 0.3 is 0 Å². The van der Waals surface area contributed by atoms with Crippen LogP contribution >= 0.6 is 0 Å². The number of anilines is 1. The van der Waals surface area contributed by atoms with Gasteiger partial charge in [0.15, 0.2) is 0 Å². The molecule has 118 valence electrons. The Bertz CT molecular complexity index is 724. The maximum absolute atomic E-state index is 12.3. The van der Waals surface area contributed by atoms with Gasteiger partial charge in [-0.15, -0.1) is 0 Å².